The predicted octanol–water partition coefficient (Wildman–Crippen LogP) is 3.38. The molecule has 24 heavy (non-hydrogen) atoms. The van der Waals surface area contributed by atoms with Crippen molar-refractivity contribution in [1.82, 2.24) is 15.5 Å². The molecule has 0 bridgehead atoms. The van der Waals surface area contributed by atoms with Gasteiger partial charge < -0.3 is 14.6 Å². The van der Waals surface area contributed by atoms with Crippen LogP contribution in [0.3, 0.4) is 0 Å². The van der Waals surface area contributed by atoms with E-state index in [1.807, 2.05) is 6.92 Å². The van der Waals surface area contributed by atoms with Crippen LogP contribution in [0.2, 0.25) is 0 Å². The number of benzene rings is 1. The largest absolute Gasteiger partial charge is 0.381 e. The number of hydrogen-bond donors (Lipinski definition) is 1. The fourth-order valence-corrected chi connectivity index (χ4v) is 3.90. The van der Waals surface area contributed by atoms with Gasteiger partial charge in [-0.2, -0.15) is 4.98 Å². The number of hydrogen-bond acceptors (Lipinski definition) is 5. The van der Waals surface area contributed by atoms with Gasteiger partial charge in [0.05, 0.1) is 6.04 Å². The molecular formula is C19H25N3O2. The lowest BCUT2D eigenvalue weighted by molar-refractivity contribution is 0.0436. The predicted molar refractivity (Wildman–Crippen MR) is 90.7 cm³/mol. The third kappa shape index (κ3) is 3.37. The maximum Gasteiger partial charge on any atom is 0.244 e. The van der Waals surface area contributed by atoms with Gasteiger partial charge in [0, 0.05) is 19.3 Å². The van der Waals surface area contributed by atoms with E-state index in [0.29, 0.717) is 23.7 Å². The molecule has 128 valence electrons. The third-order valence-corrected chi connectivity index (χ3v) is 5.37. The molecule has 0 amide bonds. The summed E-state index contributed by atoms with van der Waals surface area (Å²) in [5, 5.41) is 7.79. The normalized spacial score (nSPS) is 26.0. The van der Waals surface area contributed by atoms with Crippen molar-refractivity contribution in [2.75, 3.05) is 13.2 Å². The number of aryl methyl sites for hydroxylation is 1. The molecule has 1 atom stereocenters. The molecule has 0 spiro atoms. The second-order valence-electron chi connectivity index (χ2n) is 7.05. The van der Waals surface area contributed by atoms with Crippen LogP contribution < -0.4 is 5.32 Å². The van der Waals surface area contributed by atoms with E-state index in [9.17, 15) is 0 Å². The standard InChI is InChI=1S/C19H25N3O2/c1-13-20-19(24-22-13)18(15-7-9-23-10-8-15)21-17-11-16(12-17)14-5-3-2-4-6-14/h2-6,15-18,21H,7-12H2,1H3. The van der Waals surface area contributed by atoms with Crippen molar-refractivity contribution >= 4 is 0 Å². The minimum absolute atomic E-state index is 0.150. The summed E-state index contributed by atoms with van der Waals surface area (Å²) >= 11 is 0. The van der Waals surface area contributed by atoms with Crippen LogP contribution in [0.5, 0.6) is 0 Å². The fraction of sp³-hybridized carbons (Fsp3) is 0.579. The molecule has 2 heterocycles. The number of nitrogens with one attached hydrogen (secondary N) is 1. The highest BCUT2D eigenvalue weighted by Gasteiger charge is 2.36. The first-order chi connectivity index (χ1) is 11.8. The Bertz CT molecular complexity index is 646. The smallest absolute Gasteiger partial charge is 0.244 e. The molecule has 2 fully saturated rings. The molecule has 1 aromatic carbocycles. The highest BCUT2D eigenvalue weighted by molar-refractivity contribution is 5.23. The molecule has 1 saturated carbocycles. The lowest BCUT2D eigenvalue weighted by Crippen LogP contribution is -2.45. The van der Waals surface area contributed by atoms with Gasteiger partial charge in [-0.15, -0.1) is 0 Å². The van der Waals surface area contributed by atoms with E-state index >= 15 is 0 Å². The molecular weight excluding hydrogens is 302 g/mol. The Morgan fingerprint density at radius 1 is 1.12 bits per heavy atom. The molecule has 1 N–H and O–H groups in total. The van der Waals surface area contributed by atoms with Crippen LogP contribution in [-0.2, 0) is 4.74 Å². The van der Waals surface area contributed by atoms with E-state index in [2.05, 4.69) is 45.8 Å². The molecule has 2 aliphatic rings. The van der Waals surface area contributed by atoms with Crippen molar-refractivity contribution in [2.24, 2.45) is 5.92 Å². The van der Waals surface area contributed by atoms with Crippen molar-refractivity contribution in [3.05, 3.63) is 47.6 Å². The van der Waals surface area contributed by atoms with Gasteiger partial charge in [-0.25, -0.2) is 0 Å². The summed E-state index contributed by atoms with van der Waals surface area (Å²) in [6.45, 7) is 3.53. The van der Waals surface area contributed by atoms with Gasteiger partial charge in [-0.1, -0.05) is 35.5 Å². The summed E-state index contributed by atoms with van der Waals surface area (Å²) in [5.41, 5.74) is 1.45. The van der Waals surface area contributed by atoms with Gasteiger partial charge in [-0.05, 0) is 50.0 Å². The minimum atomic E-state index is 0.150. The highest BCUT2D eigenvalue weighted by Crippen LogP contribution is 2.39. The second-order valence-corrected chi connectivity index (χ2v) is 7.05. The minimum Gasteiger partial charge on any atom is -0.381 e. The lowest BCUT2D eigenvalue weighted by Gasteiger charge is -2.40. The van der Waals surface area contributed by atoms with Crippen molar-refractivity contribution in [3.63, 3.8) is 0 Å². The zero-order valence-electron chi connectivity index (χ0n) is 14.1. The van der Waals surface area contributed by atoms with E-state index in [1.165, 1.54) is 18.4 Å². The summed E-state index contributed by atoms with van der Waals surface area (Å²) < 4.78 is 11.0. The Balaban J connectivity index is 1.41. The van der Waals surface area contributed by atoms with E-state index in [-0.39, 0.29) is 6.04 Å². The lowest BCUT2D eigenvalue weighted by atomic mass is 9.75. The third-order valence-electron chi connectivity index (χ3n) is 5.37. The summed E-state index contributed by atoms with van der Waals surface area (Å²) in [6.07, 6.45) is 4.45. The zero-order chi connectivity index (χ0) is 16.4. The van der Waals surface area contributed by atoms with Crippen molar-refractivity contribution in [3.8, 4) is 0 Å². The molecule has 1 aliphatic carbocycles. The Morgan fingerprint density at radius 2 is 1.88 bits per heavy atom. The molecule has 4 rings (SSSR count). The van der Waals surface area contributed by atoms with Crippen molar-refractivity contribution < 1.29 is 9.26 Å². The van der Waals surface area contributed by atoms with Crippen LogP contribution >= 0.6 is 0 Å². The summed E-state index contributed by atoms with van der Waals surface area (Å²) in [6, 6.07) is 11.5. The van der Waals surface area contributed by atoms with Crippen molar-refractivity contribution in [2.45, 2.75) is 50.6 Å². The van der Waals surface area contributed by atoms with Crippen LogP contribution in [0.4, 0.5) is 0 Å². The number of aromatic nitrogens is 2. The molecule has 1 unspecified atom stereocenters. The summed E-state index contributed by atoms with van der Waals surface area (Å²) in [7, 11) is 0. The average molecular weight is 327 g/mol. The first-order valence-electron chi connectivity index (χ1n) is 8.98. The maximum absolute atomic E-state index is 5.52. The first kappa shape index (κ1) is 15.8. The van der Waals surface area contributed by atoms with Gasteiger partial charge in [0.25, 0.3) is 0 Å². The van der Waals surface area contributed by atoms with Gasteiger partial charge in [0.1, 0.15) is 0 Å². The van der Waals surface area contributed by atoms with Gasteiger partial charge in [-0.3, -0.25) is 0 Å². The SMILES string of the molecule is Cc1noc(C(NC2CC(c3ccccc3)C2)C2CCOCC2)n1. The van der Waals surface area contributed by atoms with E-state index in [1.54, 1.807) is 0 Å². The molecule has 1 aromatic heterocycles. The van der Waals surface area contributed by atoms with Gasteiger partial charge in [0.15, 0.2) is 5.82 Å². The molecule has 0 radical (unpaired) electrons. The number of rotatable bonds is 5. The maximum atomic E-state index is 5.52. The van der Waals surface area contributed by atoms with Crippen molar-refractivity contribution in [1.29, 1.82) is 0 Å². The van der Waals surface area contributed by atoms with Gasteiger partial charge in [0.2, 0.25) is 5.89 Å². The molecule has 5 heteroatoms. The summed E-state index contributed by atoms with van der Waals surface area (Å²) in [4.78, 5) is 4.49. The molecule has 1 aliphatic heterocycles. The van der Waals surface area contributed by atoms with Crippen LogP contribution in [0.1, 0.15) is 54.9 Å². The van der Waals surface area contributed by atoms with E-state index < -0.39 is 0 Å². The monoisotopic (exact) mass is 327 g/mol. The fourth-order valence-electron chi connectivity index (χ4n) is 3.90. The number of nitrogens with zero attached hydrogens (tertiary/aromatic N) is 2. The average Bonchev–Trinajstić information content (AvgIpc) is 3.01. The van der Waals surface area contributed by atoms with Gasteiger partial charge >= 0.3 is 0 Å². The highest BCUT2D eigenvalue weighted by atomic mass is 16.5. The summed E-state index contributed by atoms with van der Waals surface area (Å²) in [5.74, 6) is 2.63. The topological polar surface area (TPSA) is 60.2 Å². The van der Waals surface area contributed by atoms with Crippen LogP contribution in [0.25, 0.3) is 0 Å². The Kier molecular flexibility index (Phi) is 4.63. The second kappa shape index (κ2) is 7.03. The quantitative estimate of drug-likeness (QED) is 0.912. The van der Waals surface area contributed by atoms with E-state index in [0.717, 1.165) is 31.9 Å². The van der Waals surface area contributed by atoms with Crippen LogP contribution in [0, 0.1) is 12.8 Å². The molecule has 2 aromatic rings. The Morgan fingerprint density at radius 3 is 2.54 bits per heavy atom. The number of ether oxygens (including phenoxy) is 1. The van der Waals surface area contributed by atoms with Crippen LogP contribution in [0.15, 0.2) is 34.9 Å². The Labute approximate surface area is 142 Å². The first-order valence-corrected chi connectivity index (χ1v) is 8.98. The molecule has 1 saturated heterocycles. The van der Waals surface area contributed by atoms with E-state index in [4.69, 9.17) is 9.26 Å². The zero-order valence-corrected chi connectivity index (χ0v) is 14.1. The molecule has 5 nitrogen and oxygen atoms in total. The van der Waals surface area contributed by atoms with Crippen LogP contribution in [-0.4, -0.2) is 29.4 Å². The Hall–Kier alpha value is -1.72.